The molecule has 1 aliphatic carbocycles. The van der Waals surface area contributed by atoms with Crippen LogP contribution in [0.5, 0.6) is 0 Å². The van der Waals surface area contributed by atoms with E-state index >= 15 is 0 Å². The van der Waals surface area contributed by atoms with Gasteiger partial charge in [-0.05, 0) is 0 Å². The Bertz CT molecular complexity index is 104. The zero-order valence-electron chi connectivity index (χ0n) is 4.14. The Labute approximate surface area is 45.3 Å². The highest BCUT2D eigenvalue weighted by molar-refractivity contribution is 4.97. The van der Waals surface area contributed by atoms with E-state index < -0.39 is 18.1 Å². The summed E-state index contributed by atoms with van der Waals surface area (Å²) in [5.41, 5.74) is 4.75. The smallest absolute Gasteiger partial charge is 0.255 e. The van der Waals surface area contributed by atoms with Crippen LogP contribution in [0.3, 0.4) is 0 Å². The first-order valence-corrected chi connectivity index (χ1v) is 2.35. The minimum atomic E-state index is -2.69. The van der Waals surface area contributed by atoms with E-state index in [0.29, 0.717) is 0 Å². The Balaban J connectivity index is 2.37. The summed E-state index contributed by atoms with van der Waals surface area (Å²) in [7, 11) is 0. The van der Waals surface area contributed by atoms with E-state index in [1.807, 2.05) is 0 Å². The molecule has 0 aromatic carbocycles. The molecule has 4 heteroatoms. The second kappa shape index (κ2) is 1.39. The third kappa shape index (κ3) is 0.809. The molecule has 1 aliphatic rings. The number of hydrogen-bond acceptors (Lipinski definition) is 2. The Morgan fingerprint density at radius 1 is 1.75 bits per heavy atom. The van der Waals surface area contributed by atoms with Crippen LogP contribution in [0.4, 0.5) is 8.78 Å². The zero-order chi connectivity index (χ0) is 6.36. The Hall–Kier alpha value is -0.220. The first-order chi connectivity index (χ1) is 3.54. The van der Waals surface area contributed by atoms with Crippen LogP contribution >= 0.6 is 0 Å². The van der Waals surface area contributed by atoms with Crippen LogP contribution in [0.25, 0.3) is 0 Å². The largest absolute Gasteiger partial charge is 0.378 e. The van der Waals surface area contributed by atoms with Crippen molar-refractivity contribution in [3.63, 3.8) is 0 Å². The van der Waals surface area contributed by atoms with Crippen LogP contribution in [-0.2, 0) is 0 Å². The van der Waals surface area contributed by atoms with Crippen LogP contribution in [0.2, 0.25) is 0 Å². The van der Waals surface area contributed by atoms with Crippen molar-refractivity contribution in [1.29, 1.82) is 0 Å². The molecule has 2 nitrogen and oxygen atoms in total. The predicted molar refractivity (Wildman–Crippen MR) is 23.2 cm³/mol. The summed E-state index contributed by atoms with van der Waals surface area (Å²) < 4.78 is 23.6. The standard InChI is InChI=1S/C4H7F2NO/c5-4(6)1-2(4)3(7)8/h2-3,8H,1,7H2. The van der Waals surface area contributed by atoms with E-state index in [1.54, 1.807) is 0 Å². The first kappa shape index (κ1) is 5.91. The highest BCUT2D eigenvalue weighted by Crippen LogP contribution is 2.49. The lowest BCUT2D eigenvalue weighted by Gasteiger charge is -1.98. The fourth-order valence-electron chi connectivity index (χ4n) is 0.605. The van der Waals surface area contributed by atoms with Crippen LogP contribution in [0.15, 0.2) is 0 Å². The zero-order valence-corrected chi connectivity index (χ0v) is 4.14. The predicted octanol–water partition coefficient (Wildman–Crippen LogP) is -0.0813. The Morgan fingerprint density at radius 2 is 2.12 bits per heavy atom. The summed E-state index contributed by atoms with van der Waals surface area (Å²) in [4.78, 5) is 0. The highest BCUT2D eigenvalue weighted by Gasteiger charge is 2.59. The maximum Gasteiger partial charge on any atom is 0.255 e. The average molecular weight is 123 g/mol. The average Bonchev–Trinajstić information content (AvgIpc) is 2.13. The van der Waals surface area contributed by atoms with Gasteiger partial charge in [0.25, 0.3) is 5.92 Å². The topological polar surface area (TPSA) is 46.2 Å². The maximum absolute atomic E-state index is 11.8. The summed E-state index contributed by atoms with van der Waals surface area (Å²) >= 11 is 0. The molecular formula is C4H7F2NO. The molecule has 1 fully saturated rings. The summed E-state index contributed by atoms with van der Waals surface area (Å²) in [5, 5.41) is 8.33. The van der Waals surface area contributed by atoms with E-state index in [1.165, 1.54) is 0 Å². The fourth-order valence-corrected chi connectivity index (χ4v) is 0.605. The molecule has 0 spiro atoms. The molecule has 3 N–H and O–H groups in total. The lowest BCUT2D eigenvalue weighted by atomic mass is 10.4. The van der Waals surface area contributed by atoms with Crippen LogP contribution < -0.4 is 5.73 Å². The molecule has 48 valence electrons. The molecule has 0 radical (unpaired) electrons. The second-order valence-corrected chi connectivity index (χ2v) is 2.06. The molecule has 0 amide bonds. The normalized spacial score (nSPS) is 36.8. The van der Waals surface area contributed by atoms with Gasteiger partial charge in [-0.1, -0.05) is 0 Å². The van der Waals surface area contributed by atoms with Crippen molar-refractivity contribution in [1.82, 2.24) is 0 Å². The van der Waals surface area contributed by atoms with Crippen molar-refractivity contribution in [2.75, 3.05) is 0 Å². The summed E-state index contributed by atoms with van der Waals surface area (Å²) in [5.74, 6) is -3.67. The second-order valence-electron chi connectivity index (χ2n) is 2.06. The maximum atomic E-state index is 11.8. The van der Waals surface area contributed by atoms with Gasteiger partial charge in [0.15, 0.2) is 0 Å². The van der Waals surface area contributed by atoms with Crippen molar-refractivity contribution in [3.05, 3.63) is 0 Å². The summed E-state index contributed by atoms with van der Waals surface area (Å²) in [6.07, 6.45) is -1.60. The van der Waals surface area contributed by atoms with E-state index in [9.17, 15) is 8.78 Å². The number of rotatable bonds is 1. The van der Waals surface area contributed by atoms with Gasteiger partial charge in [0.05, 0.1) is 5.92 Å². The van der Waals surface area contributed by atoms with Crippen molar-refractivity contribution in [2.45, 2.75) is 18.6 Å². The number of nitrogens with two attached hydrogens (primary N) is 1. The van der Waals surface area contributed by atoms with Crippen molar-refractivity contribution >= 4 is 0 Å². The molecule has 8 heavy (non-hydrogen) atoms. The number of hydrogen-bond donors (Lipinski definition) is 2. The van der Waals surface area contributed by atoms with Crippen molar-refractivity contribution < 1.29 is 13.9 Å². The van der Waals surface area contributed by atoms with Gasteiger partial charge in [0, 0.05) is 6.42 Å². The molecule has 2 atom stereocenters. The van der Waals surface area contributed by atoms with Gasteiger partial charge in [0.2, 0.25) is 0 Å². The molecule has 0 saturated heterocycles. The van der Waals surface area contributed by atoms with Gasteiger partial charge in [-0.2, -0.15) is 0 Å². The lowest BCUT2D eigenvalue weighted by Crippen LogP contribution is -2.24. The molecule has 0 aromatic heterocycles. The molecule has 1 saturated carbocycles. The van der Waals surface area contributed by atoms with Gasteiger partial charge < -0.3 is 10.8 Å². The quantitative estimate of drug-likeness (QED) is 0.479. The highest BCUT2D eigenvalue weighted by atomic mass is 19.3. The van der Waals surface area contributed by atoms with E-state index in [-0.39, 0.29) is 6.42 Å². The molecule has 0 aromatic rings. The Morgan fingerprint density at radius 3 is 2.12 bits per heavy atom. The molecule has 2 unspecified atom stereocenters. The third-order valence-corrected chi connectivity index (χ3v) is 1.29. The number of aliphatic hydroxyl groups is 1. The molecule has 0 aliphatic heterocycles. The molecule has 0 bridgehead atoms. The number of alkyl halides is 2. The van der Waals surface area contributed by atoms with E-state index in [0.717, 1.165) is 0 Å². The van der Waals surface area contributed by atoms with E-state index in [2.05, 4.69) is 0 Å². The third-order valence-electron chi connectivity index (χ3n) is 1.29. The van der Waals surface area contributed by atoms with Gasteiger partial charge in [0.1, 0.15) is 6.23 Å². The number of halogens is 2. The minimum Gasteiger partial charge on any atom is -0.378 e. The SMILES string of the molecule is NC(O)C1CC1(F)F. The molecule has 1 rings (SSSR count). The first-order valence-electron chi connectivity index (χ1n) is 2.35. The van der Waals surface area contributed by atoms with E-state index in [4.69, 9.17) is 10.8 Å². The van der Waals surface area contributed by atoms with Crippen LogP contribution in [0.1, 0.15) is 6.42 Å². The van der Waals surface area contributed by atoms with Crippen molar-refractivity contribution in [3.8, 4) is 0 Å². The monoisotopic (exact) mass is 123 g/mol. The van der Waals surface area contributed by atoms with Gasteiger partial charge in [-0.3, -0.25) is 0 Å². The molecule has 0 heterocycles. The summed E-state index contributed by atoms with van der Waals surface area (Å²) in [6, 6.07) is 0. The van der Waals surface area contributed by atoms with Gasteiger partial charge in [-0.15, -0.1) is 0 Å². The van der Waals surface area contributed by atoms with Crippen LogP contribution in [0, 0.1) is 5.92 Å². The van der Waals surface area contributed by atoms with Crippen LogP contribution in [-0.4, -0.2) is 17.3 Å². The fraction of sp³-hybridized carbons (Fsp3) is 1.00. The lowest BCUT2D eigenvalue weighted by molar-refractivity contribution is 0.0510. The minimum absolute atomic E-state index is 0.259. The summed E-state index contributed by atoms with van der Waals surface area (Å²) in [6.45, 7) is 0. The van der Waals surface area contributed by atoms with Gasteiger partial charge in [-0.25, -0.2) is 8.78 Å². The Kier molecular flexibility index (Phi) is 1.02. The number of aliphatic hydroxyl groups excluding tert-OH is 1. The molecular weight excluding hydrogens is 116 g/mol. The van der Waals surface area contributed by atoms with Crippen molar-refractivity contribution in [2.24, 2.45) is 11.7 Å². The van der Waals surface area contributed by atoms with Gasteiger partial charge >= 0.3 is 0 Å².